The normalized spacial score (nSPS) is 17.2. The SMILES string of the molecule is O=P1(c2ccccc2)c2ccccc2[Si](c2ccccc2)(c2ccccc2)c2cc(N3c4ccccc4C4(c5ccccc5Oc5ccccc54)c4ccccc43)ccc21. The molecule has 0 fully saturated rings. The maximum absolute atomic E-state index is 16.5. The van der Waals surface area contributed by atoms with E-state index in [1.165, 1.54) is 26.7 Å². The van der Waals surface area contributed by atoms with Gasteiger partial charge in [0.25, 0.3) is 0 Å². The summed E-state index contributed by atoms with van der Waals surface area (Å²) in [7, 11) is -6.48. The number of hydrogen-bond donors (Lipinski definition) is 0. The molecule has 284 valence electrons. The lowest BCUT2D eigenvalue weighted by Crippen LogP contribution is -2.82. The van der Waals surface area contributed by atoms with E-state index in [-0.39, 0.29) is 0 Å². The molecule has 3 heterocycles. The topological polar surface area (TPSA) is 29.5 Å². The molecule has 0 N–H and O–H groups in total. The monoisotopic (exact) mass is 803 g/mol. The zero-order valence-electron chi connectivity index (χ0n) is 32.7. The first-order valence-corrected chi connectivity index (χ1v) is 24.2. The van der Waals surface area contributed by atoms with E-state index in [2.05, 4.69) is 217 Å². The summed E-state index contributed by atoms with van der Waals surface area (Å²) in [5.41, 5.74) is 7.17. The smallest absolute Gasteiger partial charge is 0.181 e. The summed E-state index contributed by atoms with van der Waals surface area (Å²) < 4.78 is 23.2. The molecule has 3 aliphatic heterocycles. The van der Waals surface area contributed by atoms with Gasteiger partial charge in [0.05, 0.1) is 16.8 Å². The van der Waals surface area contributed by atoms with Crippen molar-refractivity contribution in [2.75, 3.05) is 4.90 Å². The van der Waals surface area contributed by atoms with E-state index in [1.54, 1.807) is 0 Å². The summed E-state index contributed by atoms with van der Waals surface area (Å²) in [6, 6.07) is 82.3. The van der Waals surface area contributed by atoms with Crippen LogP contribution >= 0.6 is 7.14 Å². The van der Waals surface area contributed by atoms with Gasteiger partial charge in [0.15, 0.2) is 15.2 Å². The van der Waals surface area contributed by atoms with Gasteiger partial charge in [-0.05, 0) is 74.3 Å². The van der Waals surface area contributed by atoms with Crippen LogP contribution < -0.4 is 46.3 Å². The quantitative estimate of drug-likeness (QED) is 0.131. The fraction of sp³-hybridized carbons (Fsp3) is 0.0182. The second-order valence-electron chi connectivity index (χ2n) is 15.9. The third kappa shape index (κ3) is 4.58. The van der Waals surface area contributed by atoms with Crippen molar-refractivity contribution in [3.05, 3.63) is 253 Å². The molecule has 0 aliphatic carbocycles. The van der Waals surface area contributed by atoms with Crippen LogP contribution in [-0.2, 0) is 9.98 Å². The minimum atomic E-state index is -3.36. The Morgan fingerprint density at radius 1 is 0.417 bits per heavy atom. The molecule has 1 unspecified atom stereocenters. The van der Waals surface area contributed by atoms with Crippen LogP contribution in [0.5, 0.6) is 11.5 Å². The fourth-order valence-electron chi connectivity index (χ4n) is 10.8. The van der Waals surface area contributed by atoms with Gasteiger partial charge in [-0.25, -0.2) is 0 Å². The number of para-hydroxylation sites is 4. The Morgan fingerprint density at radius 2 is 0.867 bits per heavy atom. The number of fused-ring (bicyclic) bond motifs is 10. The van der Waals surface area contributed by atoms with Gasteiger partial charge in [0, 0.05) is 32.7 Å². The molecule has 3 aliphatic rings. The summed E-state index contributed by atoms with van der Waals surface area (Å²) in [6.45, 7) is 0. The molecule has 0 radical (unpaired) electrons. The first-order valence-electron chi connectivity index (χ1n) is 20.5. The van der Waals surface area contributed by atoms with Crippen LogP contribution in [0.2, 0.25) is 0 Å². The standard InChI is InChI=1S/C55H38NO2PSi/c57-59(40-20-4-1-5-21-40)51-34-18-19-35-53(51)60(41-22-6-2-7-23-41,42-24-8-3-9-25-42)54-38-39(36-37-52(54)59)56-47-30-14-10-26-43(47)55(44-27-11-15-31-48(44)56)45-28-12-16-32-49(45)58-50-33-17-13-29-46(50)55/h1-38H. The Hall–Kier alpha value is -6.97. The van der Waals surface area contributed by atoms with Gasteiger partial charge < -0.3 is 14.2 Å². The number of benzene rings is 9. The summed E-state index contributed by atoms with van der Waals surface area (Å²) >= 11 is 0. The van der Waals surface area contributed by atoms with Crippen molar-refractivity contribution in [3.63, 3.8) is 0 Å². The summed E-state index contributed by atoms with van der Waals surface area (Å²) in [6.07, 6.45) is 0. The van der Waals surface area contributed by atoms with Crippen LogP contribution in [-0.4, -0.2) is 8.07 Å². The molecular weight excluding hydrogens is 766 g/mol. The predicted molar refractivity (Wildman–Crippen MR) is 250 cm³/mol. The Kier molecular flexibility index (Phi) is 7.75. The highest BCUT2D eigenvalue weighted by molar-refractivity contribution is 7.87. The first-order chi connectivity index (χ1) is 29.7. The number of hydrogen-bond acceptors (Lipinski definition) is 3. The van der Waals surface area contributed by atoms with Gasteiger partial charge in [-0.1, -0.05) is 188 Å². The Labute approximate surface area is 351 Å². The molecule has 1 atom stereocenters. The molecule has 0 amide bonds. The van der Waals surface area contributed by atoms with E-state index in [1.807, 2.05) is 18.2 Å². The van der Waals surface area contributed by atoms with Crippen LogP contribution in [0.3, 0.4) is 0 Å². The summed E-state index contributed by atoms with van der Waals surface area (Å²) in [4.78, 5) is 2.44. The van der Waals surface area contributed by atoms with E-state index in [4.69, 9.17) is 4.74 Å². The van der Waals surface area contributed by atoms with E-state index in [9.17, 15) is 0 Å². The summed E-state index contributed by atoms with van der Waals surface area (Å²) in [5, 5.41) is 7.54. The second kappa shape index (κ2) is 13.3. The molecule has 0 saturated carbocycles. The Balaban J connectivity index is 1.20. The van der Waals surface area contributed by atoms with Crippen molar-refractivity contribution in [1.29, 1.82) is 0 Å². The minimum Gasteiger partial charge on any atom is -0.457 e. The van der Waals surface area contributed by atoms with Gasteiger partial charge >= 0.3 is 0 Å². The predicted octanol–water partition coefficient (Wildman–Crippen LogP) is 9.29. The van der Waals surface area contributed by atoms with Crippen LogP contribution in [0.15, 0.2) is 231 Å². The minimum absolute atomic E-state index is 0.641. The molecule has 0 aromatic heterocycles. The lowest BCUT2D eigenvalue weighted by Gasteiger charge is -2.49. The average molecular weight is 804 g/mol. The van der Waals surface area contributed by atoms with Gasteiger partial charge in [-0.2, -0.15) is 0 Å². The average Bonchev–Trinajstić information content (AvgIpc) is 3.32. The Morgan fingerprint density at radius 3 is 1.45 bits per heavy atom. The largest absolute Gasteiger partial charge is 0.457 e. The van der Waals surface area contributed by atoms with Crippen molar-refractivity contribution in [2.45, 2.75) is 5.41 Å². The lowest BCUT2D eigenvalue weighted by molar-refractivity contribution is 0.434. The third-order valence-corrected chi connectivity index (χ3v) is 21.5. The maximum Gasteiger partial charge on any atom is 0.181 e. The molecule has 0 bridgehead atoms. The molecule has 12 rings (SSSR count). The highest BCUT2D eigenvalue weighted by Crippen LogP contribution is 2.62. The second-order valence-corrected chi connectivity index (χ2v) is 22.3. The summed E-state index contributed by atoms with van der Waals surface area (Å²) in [5.74, 6) is 1.72. The van der Waals surface area contributed by atoms with Crippen LogP contribution in [0.25, 0.3) is 0 Å². The number of anilines is 3. The van der Waals surface area contributed by atoms with Crippen LogP contribution in [0.4, 0.5) is 17.1 Å². The van der Waals surface area contributed by atoms with E-state index in [0.717, 1.165) is 60.8 Å². The highest BCUT2D eigenvalue weighted by Gasteiger charge is 2.54. The van der Waals surface area contributed by atoms with E-state index < -0.39 is 20.6 Å². The lowest BCUT2D eigenvalue weighted by atomic mass is 9.61. The highest BCUT2D eigenvalue weighted by atomic mass is 31.2. The van der Waals surface area contributed by atoms with Crippen LogP contribution in [0.1, 0.15) is 22.3 Å². The van der Waals surface area contributed by atoms with Gasteiger partial charge in [0.1, 0.15) is 11.5 Å². The molecule has 60 heavy (non-hydrogen) atoms. The molecule has 5 heteroatoms. The van der Waals surface area contributed by atoms with Crippen molar-refractivity contribution >= 4 is 68.9 Å². The van der Waals surface area contributed by atoms with Gasteiger partial charge in [0.2, 0.25) is 0 Å². The van der Waals surface area contributed by atoms with Crippen molar-refractivity contribution in [1.82, 2.24) is 0 Å². The van der Waals surface area contributed by atoms with E-state index in [0.29, 0.717) is 0 Å². The molecule has 3 nitrogen and oxygen atoms in total. The number of ether oxygens (including phenoxy) is 1. The molecular formula is C55H38NO2PSi. The van der Waals surface area contributed by atoms with Crippen molar-refractivity contribution in [2.24, 2.45) is 0 Å². The van der Waals surface area contributed by atoms with Crippen molar-refractivity contribution < 1.29 is 9.30 Å². The molecule has 0 saturated heterocycles. The third-order valence-electron chi connectivity index (χ3n) is 13.1. The van der Waals surface area contributed by atoms with Crippen molar-refractivity contribution in [3.8, 4) is 11.5 Å². The van der Waals surface area contributed by atoms with Gasteiger partial charge in [-0.3, -0.25) is 0 Å². The molecule has 1 spiro atoms. The molecule has 9 aromatic rings. The zero-order valence-corrected chi connectivity index (χ0v) is 34.5. The number of nitrogens with zero attached hydrogens (tertiary/aromatic N) is 1. The molecule has 9 aromatic carbocycles. The maximum atomic E-state index is 16.5. The fourth-order valence-corrected chi connectivity index (χ4v) is 20.4. The Bertz CT molecular complexity index is 3050. The zero-order chi connectivity index (χ0) is 39.9. The van der Waals surface area contributed by atoms with E-state index >= 15 is 4.57 Å². The number of rotatable bonds is 4. The first kappa shape index (κ1) is 35.0. The van der Waals surface area contributed by atoms with Gasteiger partial charge in [-0.15, -0.1) is 0 Å². The van der Waals surface area contributed by atoms with Crippen LogP contribution in [0, 0.1) is 0 Å².